The average molecular weight is 406 g/mol. The Morgan fingerprint density at radius 3 is 2.72 bits per heavy atom. The number of rotatable bonds is 3. The van der Waals surface area contributed by atoms with Gasteiger partial charge in [0.25, 0.3) is 5.91 Å². The van der Waals surface area contributed by atoms with Crippen LogP contribution in [0.1, 0.15) is 9.75 Å². The number of nitriles is 1. The molecule has 0 aliphatic carbocycles. The van der Waals surface area contributed by atoms with Crippen LogP contribution in [-0.4, -0.2) is 34.3 Å². The predicted molar refractivity (Wildman–Crippen MR) is 105 cm³/mol. The Morgan fingerprint density at radius 1 is 1.28 bits per heavy atom. The molecule has 0 spiro atoms. The summed E-state index contributed by atoms with van der Waals surface area (Å²) in [7, 11) is 1.53. The molecule has 1 aliphatic rings. The van der Waals surface area contributed by atoms with E-state index in [1.165, 1.54) is 23.0 Å². The Kier molecular flexibility index (Phi) is 4.38. The summed E-state index contributed by atoms with van der Waals surface area (Å²) in [5.41, 5.74) is -1.56. The molecule has 8 nitrogen and oxygen atoms in total. The van der Waals surface area contributed by atoms with Crippen LogP contribution in [0.3, 0.4) is 0 Å². The van der Waals surface area contributed by atoms with Crippen LogP contribution in [0.2, 0.25) is 0 Å². The molecule has 3 amide bonds. The van der Waals surface area contributed by atoms with Crippen molar-refractivity contribution in [1.82, 2.24) is 15.2 Å². The molecule has 4 rings (SSSR count). The molecule has 1 aromatic carbocycles. The number of nitrogens with one attached hydrogen (secondary N) is 2. The number of methoxy groups -OCH3 is 1. The minimum Gasteiger partial charge on any atom is -0.497 e. The maximum absolute atomic E-state index is 12.6. The molecule has 3 N–H and O–H groups in total. The van der Waals surface area contributed by atoms with Crippen LogP contribution in [0.5, 0.6) is 11.6 Å². The number of aromatic nitrogens is 1. The largest absolute Gasteiger partial charge is 0.497 e. The van der Waals surface area contributed by atoms with E-state index in [4.69, 9.17) is 10.00 Å². The predicted octanol–water partition coefficient (Wildman–Crippen LogP) is 1.92. The number of hydrogen-bond donors (Lipinski definition) is 3. The van der Waals surface area contributed by atoms with Gasteiger partial charge in [-0.1, -0.05) is 11.8 Å². The normalized spacial score (nSPS) is 17.9. The van der Waals surface area contributed by atoms with E-state index in [0.717, 1.165) is 5.39 Å². The SMILES string of the molecule is COc1ccc2cn(C[C@]3(C#Cc4ccc(C#N)s4)NC(=O)NC3=O)c(O)c2c1. The van der Waals surface area contributed by atoms with Gasteiger partial charge in [-0.25, -0.2) is 4.79 Å². The lowest BCUT2D eigenvalue weighted by atomic mass is 10.0. The van der Waals surface area contributed by atoms with E-state index in [0.29, 0.717) is 20.9 Å². The van der Waals surface area contributed by atoms with E-state index in [1.54, 1.807) is 36.5 Å². The molecule has 0 saturated carbocycles. The lowest BCUT2D eigenvalue weighted by Crippen LogP contribution is -2.49. The highest BCUT2D eigenvalue weighted by molar-refractivity contribution is 7.13. The summed E-state index contributed by atoms with van der Waals surface area (Å²) < 4.78 is 6.64. The number of nitrogens with zero attached hydrogens (tertiary/aromatic N) is 2. The highest BCUT2D eigenvalue weighted by Gasteiger charge is 2.46. The Morgan fingerprint density at radius 2 is 2.07 bits per heavy atom. The van der Waals surface area contributed by atoms with Gasteiger partial charge in [-0.05, 0) is 30.3 Å². The molecule has 0 radical (unpaired) electrons. The van der Waals surface area contributed by atoms with Crippen molar-refractivity contribution < 1.29 is 19.4 Å². The molecule has 3 aromatic rings. The first-order valence-electron chi connectivity index (χ1n) is 8.47. The second-order valence-corrected chi connectivity index (χ2v) is 7.46. The van der Waals surface area contributed by atoms with Crippen LogP contribution in [0.25, 0.3) is 10.8 Å². The van der Waals surface area contributed by atoms with E-state index < -0.39 is 17.5 Å². The van der Waals surface area contributed by atoms with Crippen LogP contribution >= 0.6 is 11.3 Å². The summed E-state index contributed by atoms with van der Waals surface area (Å²) in [5, 5.41) is 25.6. The number of aromatic hydroxyl groups is 1. The topological polar surface area (TPSA) is 116 Å². The fraction of sp³-hybridized carbons (Fsp3) is 0.150. The number of thiophene rings is 1. The van der Waals surface area contributed by atoms with Crippen molar-refractivity contribution in [2.45, 2.75) is 12.1 Å². The summed E-state index contributed by atoms with van der Waals surface area (Å²) in [6.45, 7) is -0.100. The van der Waals surface area contributed by atoms with Gasteiger partial charge in [0.05, 0.1) is 18.5 Å². The van der Waals surface area contributed by atoms with Crippen molar-refractivity contribution in [3.8, 4) is 29.5 Å². The first kappa shape index (κ1) is 18.4. The number of carbonyl (C=O) groups is 2. The lowest BCUT2D eigenvalue weighted by Gasteiger charge is -2.20. The number of urea groups is 1. The fourth-order valence-corrected chi connectivity index (χ4v) is 3.75. The zero-order valence-corrected chi connectivity index (χ0v) is 16.0. The summed E-state index contributed by atoms with van der Waals surface area (Å²) >= 11 is 1.19. The average Bonchev–Trinajstić information content (AvgIpc) is 3.37. The molecule has 0 bridgehead atoms. The van der Waals surface area contributed by atoms with Gasteiger partial charge in [-0.15, -0.1) is 11.3 Å². The molecule has 1 saturated heterocycles. The number of imide groups is 1. The maximum Gasteiger partial charge on any atom is 0.323 e. The summed E-state index contributed by atoms with van der Waals surface area (Å²) in [5.74, 6) is 5.57. The number of amides is 3. The Bertz CT molecular complexity index is 1260. The molecule has 1 fully saturated rings. The standard InChI is InChI=1S/C20H14N4O4S/c1-28-13-3-2-12-10-24(17(25)16(12)8-13)11-20(18(26)22-19(27)23-20)7-6-14-4-5-15(9-21)29-14/h2-5,8,10,25H,11H2,1H3,(H2,22,23,26,27)/t20-/m0/s1. The van der Waals surface area contributed by atoms with E-state index in [1.807, 2.05) is 6.07 Å². The smallest absolute Gasteiger partial charge is 0.323 e. The third-order valence-corrected chi connectivity index (χ3v) is 5.44. The van der Waals surface area contributed by atoms with Gasteiger partial charge in [0.15, 0.2) is 5.88 Å². The van der Waals surface area contributed by atoms with Gasteiger partial charge in [0.1, 0.15) is 16.7 Å². The number of ether oxygens (including phenoxy) is 1. The third kappa shape index (κ3) is 3.24. The first-order chi connectivity index (χ1) is 13.9. The fourth-order valence-electron chi connectivity index (χ4n) is 3.09. The Hall–Kier alpha value is -3.95. The van der Waals surface area contributed by atoms with E-state index in [9.17, 15) is 14.7 Å². The van der Waals surface area contributed by atoms with E-state index >= 15 is 0 Å². The van der Waals surface area contributed by atoms with Gasteiger partial charge < -0.3 is 19.7 Å². The van der Waals surface area contributed by atoms with Crippen molar-refractivity contribution in [2.24, 2.45) is 0 Å². The third-order valence-electron chi connectivity index (χ3n) is 4.53. The molecule has 1 atom stereocenters. The number of hydrogen-bond acceptors (Lipinski definition) is 6. The van der Waals surface area contributed by atoms with Gasteiger partial charge >= 0.3 is 6.03 Å². The summed E-state index contributed by atoms with van der Waals surface area (Å²) in [6, 6.07) is 9.89. The van der Waals surface area contributed by atoms with Crippen molar-refractivity contribution in [3.63, 3.8) is 0 Å². The van der Waals surface area contributed by atoms with Gasteiger partial charge in [-0.3, -0.25) is 10.1 Å². The summed E-state index contributed by atoms with van der Waals surface area (Å²) in [6.07, 6.45) is 1.67. The highest BCUT2D eigenvalue weighted by atomic mass is 32.1. The zero-order valence-electron chi connectivity index (χ0n) is 15.1. The molecule has 3 heterocycles. The molecule has 0 unspecified atom stereocenters. The quantitative estimate of drug-likeness (QED) is 0.454. The van der Waals surface area contributed by atoms with Crippen molar-refractivity contribution in [3.05, 3.63) is 46.3 Å². The monoisotopic (exact) mass is 406 g/mol. The number of carbonyl (C=O) groups excluding carboxylic acids is 2. The van der Waals surface area contributed by atoms with Crippen LogP contribution < -0.4 is 15.4 Å². The minimum atomic E-state index is -1.56. The highest BCUT2D eigenvalue weighted by Crippen LogP contribution is 2.32. The molecule has 2 aromatic heterocycles. The molecule has 9 heteroatoms. The van der Waals surface area contributed by atoms with Gasteiger partial charge in [0, 0.05) is 17.0 Å². The van der Waals surface area contributed by atoms with Crippen LogP contribution in [-0.2, 0) is 11.3 Å². The second kappa shape index (κ2) is 6.89. The van der Waals surface area contributed by atoms with E-state index in [2.05, 4.69) is 22.5 Å². The van der Waals surface area contributed by atoms with Crippen molar-refractivity contribution in [2.75, 3.05) is 7.11 Å². The van der Waals surface area contributed by atoms with E-state index in [-0.39, 0.29) is 12.4 Å². The van der Waals surface area contributed by atoms with Crippen molar-refractivity contribution in [1.29, 1.82) is 5.26 Å². The molecule has 144 valence electrons. The van der Waals surface area contributed by atoms with Crippen molar-refractivity contribution >= 4 is 34.0 Å². The minimum absolute atomic E-state index is 0.0723. The molecular weight excluding hydrogens is 392 g/mol. The number of fused-ring (bicyclic) bond motifs is 1. The van der Waals surface area contributed by atoms with Gasteiger partial charge in [0.2, 0.25) is 5.54 Å². The van der Waals surface area contributed by atoms with Gasteiger partial charge in [-0.2, -0.15) is 5.26 Å². The van der Waals surface area contributed by atoms with Crippen LogP contribution in [0.15, 0.2) is 36.5 Å². The molecule has 1 aliphatic heterocycles. The molecular formula is C20H14N4O4S. The summed E-state index contributed by atoms with van der Waals surface area (Å²) in [4.78, 5) is 25.5. The Balaban J connectivity index is 1.75. The first-order valence-corrected chi connectivity index (χ1v) is 9.28. The van der Waals surface area contributed by atoms with Crippen LogP contribution in [0.4, 0.5) is 4.79 Å². The molecule has 29 heavy (non-hydrogen) atoms. The second-order valence-electron chi connectivity index (χ2n) is 6.37. The van der Waals surface area contributed by atoms with Crippen LogP contribution in [0, 0.1) is 23.2 Å². The Labute approximate surface area is 169 Å². The number of benzene rings is 1. The maximum atomic E-state index is 12.6. The lowest BCUT2D eigenvalue weighted by molar-refractivity contribution is -0.122. The zero-order chi connectivity index (χ0) is 20.6.